The van der Waals surface area contributed by atoms with E-state index in [0.29, 0.717) is 23.0 Å². The van der Waals surface area contributed by atoms with E-state index < -0.39 is 18.5 Å². The number of methoxy groups -OCH3 is 2. The number of hydrogen-bond donors (Lipinski definition) is 1. The van der Waals surface area contributed by atoms with Gasteiger partial charge in [-0.1, -0.05) is 35.9 Å². The van der Waals surface area contributed by atoms with E-state index in [4.69, 9.17) is 25.8 Å². The van der Waals surface area contributed by atoms with Crippen LogP contribution in [0, 0.1) is 0 Å². The number of carbonyl (C=O) groups excluding carboxylic acids is 2. The van der Waals surface area contributed by atoms with Crippen molar-refractivity contribution >= 4 is 40.5 Å². The number of aromatic nitrogens is 3. The number of nitrogens with zero attached hydrogens (tertiary/aromatic N) is 3. The Morgan fingerprint density at radius 1 is 1.06 bits per heavy atom. The molecule has 0 aliphatic heterocycles. The molecule has 0 bridgehead atoms. The van der Waals surface area contributed by atoms with Gasteiger partial charge < -0.3 is 19.5 Å². The summed E-state index contributed by atoms with van der Waals surface area (Å²) < 4.78 is 17.1. The largest absolute Gasteiger partial charge is 0.495 e. The third kappa shape index (κ3) is 5.03. The quantitative estimate of drug-likeness (QED) is 0.357. The second kappa shape index (κ2) is 10.4. The van der Waals surface area contributed by atoms with Gasteiger partial charge in [0, 0.05) is 6.07 Å². The van der Waals surface area contributed by atoms with Crippen LogP contribution in [0.3, 0.4) is 0 Å². The Kier molecular flexibility index (Phi) is 7.09. The van der Waals surface area contributed by atoms with Crippen LogP contribution < -0.4 is 14.8 Å². The molecule has 11 heteroatoms. The summed E-state index contributed by atoms with van der Waals surface area (Å²) in [5.74, 6) is -0.356. The highest BCUT2D eigenvalue weighted by Gasteiger charge is 2.22. The van der Waals surface area contributed by atoms with Crippen LogP contribution in [0.25, 0.3) is 16.4 Å². The number of carbonyl (C=O) groups is 2. The Hall–Kier alpha value is -3.89. The van der Waals surface area contributed by atoms with Gasteiger partial charge >= 0.3 is 5.97 Å². The van der Waals surface area contributed by atoms with E-state index in [1.165, 1.54) is 37.7 Å². The molecule has 34 heavy (non-hydrogen) atoms. The van der Waals surface area contributed by atoms with Gasteiger partial charge in [-0.2, -0.15) is 4.98 Å². The fourth-order valence-corrected chi connectivity index (χ4v) is 3.99. The van der Waals surface area contributed by atoms with Gasteiger partial charge in [-0.25, -0.2) is 9.48 Å². The van der Waals surface area contributed by atoms with E-state index in [9.17, 15) is 9.59 Å². The molecule has 4 rings (SSSR count). The van der Waals surface area contributed by atoms with Crippen LogP contribution in [0.5, 0.6) is 11.5 Å². The van der Waals surface area contributed by atoms with Crippen molar-refractivity contribution in [1.82, 2.24) is 14.8 Å². The second-order valence-electron chi connectivity index (χ2n) is 6.80. The first-order chi connectivity index (χ1) is 16.5. The van der Waals surface area contributed by atoms with Crippen molar-refractivity contribution in [2.24, 2.45) is 0 Å². The van der Waals surface area contributed by atoms with Crippen molar-refractivity contribution < 1.29 is 23.8 Å². The Morgan fingerprint density at radius 3 is 2.50 bits per heavy atom. The summed E-state index contributed by atoms with van der Waals surface area (Å²) in [5.41, 5.74) is 1.04. The monoisotopic (exact) mass is 498 g/mol. The molecule has 0 unspecified atom stereocenters. The number of thiophene rings is 1. The lowest BCUT2D eigenvalue weighted by atomic mass is 10.2. The van der Waals surface area contributed by atoms with E-state index in [-0.39, 0.29) is 10.8 Å². The molecule has 0 fully saturated rings. The third-order valence-corrected chi connectivity index (χ3v) is 5.78. The van der Waals surface area contributed by atoms with Gasteiger partial charge in [0.2, 0.25) is 0 Å². The van der Waals surface area contributed by atoms with Crippen molar-refractivity contribution in [1.29, 1.82) is 0 Å². The number of benzene rings is 2. The van der Waals surface area contributed by atoms with Crippen LogP contribution in [-0.4, -0.2) is 47.5 Å². The molecule has 0 atom stereocenters. The fraction of sp³-hybridized carbons (Fsp3) is 0.130. The van der Waals surface area contributed by atoms with Crippen molar-refractivity contribution in [2.45, 2.75) is 0 Å². The molecule has 0 saturated heterocycles. The standard InChI is InChI=1S/C23H19ClN4O5S/c1-31-17-12-18(32-2)16(11-15(17)24)25-20(29)13-33-23(30)21-26-22(19-9-6-10-34-19)28(27-21)14-7-4-3-5-8-14/h3-12H,13H2,1-2H3,(H,25,29). The second-order valence-corrected chi connectivity index (χ2v) is 8.15. The molecular weight excluding hydrogens is 480 g/mol. The van der Waals surface area contributed by atoms with Crippen LogP contribution in [0.15, 0.2) is 60.0 Å². The van der Waals surface area contributed by atoms with Crippen molar-refractivity contribution in [3.63, 3.8) is 0 Å². The third-order valence-electron chi connectivity index (χ3n) is 4.61. The van der Waals surface area contributed by atoms with Crippen LogP contribution >= 0.6 is 22.9 Å². The minimum absolute atomic E-state index is 0.162. The normalized spacial score (nSPS) is 10.6. The number of hydrogen-bond acceptors (Lipinski definition) is 8. The van der Waals surface area contributed by atoms with E-state index in [0.717, 1.165) is 10.6 Å². The Bertz CT molecular complexity index is 1310. The molecule has 0 aliphatic rings. The molecule has 1 amide bonds. The summed E-state index contributed by atoms with van der Waals surface area (Å²) in [5, 5.41) is 9.10. The number of ether oxygens (including phenoxy) is 3. The molecule has 0 radical (unpaired) electrons. The topological polar surface area (TPSA) is 105 Å². The first kappa shape index (κ1) is 23.3. The van der Waals surface area contributed by atoms with E-state index in [1.807, 2.05) is 47.8 Å². The summed E-state index contributed by atoms with van der Waals surface area (Å²) in [4.78, 5) is 30.2. The highest BCUT2D eigenvalue weighted by molar-refractivity contribution is 7.13. The number of anilines is 1. The SMILES string of the molecule is COc1cc(OC)c(NC(=O)COC(=O)c2nc(-c3cccs3)n(-c3ccccc3)n2)cc1Cl. The molecular formula is C23H19ClN4O5S. The zero-order chi connectivity index (χ0) is 24.1. The zero-order valence-electron chi connectivity index (χ0n) is 18.1. The van der Waals surface area contributed by atoms with Gasteiger partial charge in [0.15, 0.2) is 12.4 Å². The van der Waals surface area contributed by atoms with Gasteiger partial charge in [0.1, 0.15) is 11.5 Å². The number of para-hydroxylation sites is 1. The van der Waals surface area contributed by atoms with Gasteiger partial charge in [-0.05, 0) is 29.6 Å². The fourth-order valence-electron chi connectivity index (χ4n) is 3.05. The molecule has 4 aromatic rings. The lowest BCUT2D eigenvalue weighted by molar-refractivity contribution is -0.119. The lowest BCUT2D eigenvalue weighted by Gasteiger charge is -2.13. The number of esters is 1. The molecule has 2 aromatic heterocycles. The van der Waals surface area contributed by atoms with E-state index >= 15 is 0 Å². The van der Waals surface area contributed by atoms with Crippen LogP contribution in [0.2, 0.25) is 5.02 Å². The highest BCUT2D eigenvalue weighted by Crippen LogP contribution is 2.35. The van der Waals surface area contributed by atoms with Crippen LogP contribution in [0.1, 0.15) is 10.6 Å². The molecule has 9 nitrogen and oxygen atoms in total. The number of nitrogens with one attached hydrogen (secondary N) is 1. The van der Waals surface area contributed by atoms with E-state index in [2.05, 4.69) is 15.4 Å². The molecule has 174 valence electrons. The molecule has 2 heterocycles. The number of amides is 1. The molecule has 0 aliphatic carbocycles. The first-order valence-corrected chi connectivity index (χ1v) is 11.2. The molecule has 0 spiro atoms. The number of halogens is 1. The first-order valence-electron chi connectivity index (χ1n) is 9.95. The molecule has 2 aromatic carbocycles. The summed E-state index contributed by atoms with van der Waals surface area (Å²) >= 11 is 7.59. The zero-order valence-corrected chi connectivity index (χ0v) is 19.7. The minimum atomic E-state index is -0.831. The average molecular weight is 499 g/mol. The predicted octanol–water partition coefficient (Wildman–Crippen LogP) is 4.46. The van der Waals surface area contributed by atoms with Crippen LogP contribution in [-0.2, 0) is 9.53 Å². The van der Waals surface area contributed by atoms with Crippen LogP contribution in [0.4, 0.5) is 5.69 Å². The van der Waals surface area contributed by atoms with Crippen molar-refractivity contribution in [3.8, 4) is 27.9 Å². The predicted molar refractivity (Wildman–Crippen MR) is 128 cm³/mol. The maximum absolute atomic E-state index is 12.6. The lowest BCUT2D eigenvalue weighted by Crippen LogP contribution is -2.21. The summed E-state index contributed by atoms with van der Waals surface area (Å²) in [6, 6.07) is 16.1. The van der Waals surface area contributed by atoms with Crippen molar-refractivity contribution in [2.75, 3.05) is 26.1 Å². The smallest absolute Gasteiger partial charge is 0.378 e. The average Bonchev–Trinajstić information content (AvgIpc) is 3.53. The van der Waals surface area contributed by atoms with Gasteiger partial charge in [-0.3, -0.25) is 4.79 Å². The van der Waals surface area contributed by atoms with Gasteiger partial charge in [0.25, 0.3) is 11.7 Å². The maximum Gasteiger partial charge on any atom is 0.378 e. The summed E-state index contributed by atoms with van der Waals surface area (Å²) in [6.45, 7) is -0.556. The number of rotatable bonds is 8. The maximum atomic E-state index is 12.6. The Labute approximate surface area is 203 Å². The molecule has 1 N–H and O–H groups in total. The van der Waals surface area contributed by atoms with E-state index in [1.54, 1.807) is 4.68 Å². The minimum Gasteiger partial charge on any atom is -0.495 e. The molecule has 0 saturated carbocycles. The highest BCUT2D eigenvalue weighted by atomic mass is 35.5. The Morgan fingerprint density at radius 2 is 1.82 bits per heavy atom. The Balaban J connectivity index is 1.48. The van der Waals surface area contributed by atoms with Gasteiger partial charge in [0.05, 0.1) is 35.5 Å². The van der Waals surface area contributed by atoms with Crippen molar-refractivity contribution in [3.05, 3.63) is 70.8 Å². The van der Waals surface area contributed by atoms with Gasteiger partial charge in [-0.15, -0.1) is 16.4 Å². The summed E-state index contributed by atoms with van der Waals surface area (Å²) in [7, 11) is 2.91. The summed E-state index contributed by atoms with van der Waals surface area (Å²) in [6.07, 6.45) is 0.